The molecule has 32 heavy (non-hydrogen) atoms. The van der Waals surface area contributed by atoms with E-state index in [1.54, 1.807) is 11.4 Å². The summed E-state index contributed by atoms with van der Waals surface area (Å²) in [7, 11) is 0. The lowest BCUT2D eigenvalue weighted by atomic mass is 9.84. The number of carbonyl (C=O) groups excluding carboxylic acids is 3. The van der Waals surface area contributed by atoms with Crippen LogP contribution in [0.2, 0.25) is 0 Å². The first-order chi connectivity index (χ1) is 14.5. The van der Waals surface area contributed by atoms with Crippen molar-refractivity contribution in [2.24, 2.45) is 23.2 Å². The zero-order chi connectivity index (χ0) is 25.7. The average Bonchev–Trinajstić information content (AvgIpc) is 2.95. The molecule has 1 fully saturated rings. The van der Waals surface area contributed by atoms with E-state index in [0.717, 1.165) is 5.92 Å². The fourth-order valence-electron chi connectivity index (χ4n) is 2.36. The van der Waals surface area contributed by atoms with Crippen LogP contribution in [-0.4, -0.2) is 55.0 Å². The maximum Gasteiger partial charge on any atom is 0.471 e. The molecule has 0 bridgehead atoms. The van der Waals surface area contributed by atoms with Crippen molar-refractivity contribution in [1.29, 1.82) is 5.26 Å². The zero-order valence-corrected chi connectivity index (χ0v) is 20.0. The number of nitriles is 1. The number of nitrogens with one attached hydrogen (secondary N) is 2. The number of carbonyl (C=O) groups is 3. The van der Waals surface area contributed by atoms with Crippen molar-refractivity contribution >= 4 is 18.2 Å². The van der Waals surface area contributed by atoms with Gasteiger partial charge in [0, 0.05) is 19.0 Å². The Morgan fingerprint density at radius 1 is 1.28 bits per heavy atom. The van der Waals surface area contributed by atoms with Crippen LogP contribution in [-0.2, 0) is 14.4 Å². The Bertz CT molecular complexity index is 655. The van der Waals surface area contributed by atoms with Crippen LogP contribution in [0.5, 0.6) is 0 Å². The predicted octanol–water partition coefficient (Wildman–Crippen LogP) is 3.28. The molecule has 0 saturated carbocycles. The van der Waals surface area contributed by atoms with Gasteiger partial charge in [0.25, 0.3) is 0 Å². The lowest BCUT2D eigenvalue weighted by Crippen LogP contribution is -2.44. The second kappa shape index (κ2) is 14.5. The molecule has 0 aromatic carbocycles. The van der Waals surface area contributed by atoms with Gasteiger partial charge in [-0.2, -0.15) is 18.4 Å². The van der Waals surface area contributed by atoms with Crippen LogP contribution < -0.4 is 10.6 Å². The minimum absolute atomic E-state index is 0.00444. The Hall–Kier alpha value is -2.57. The molecule has 0 aliphatic carbocycles. The second-order valence-corrected chi connectivity index (χ2v) is 9.06. The molecule has 2 N–H and O–H groups in total. The summed E-state index contributed by atoms with van der Waals surface area (Å²) in [5.74, 6) is -1.46. The minimum atomic E-state index is -4.95. The standard InChI is InChI=1S/C11H17F3N2O2.C7H10N2O.C4H10/c1-7-5-16(6-10(7,2)3)8(17)4-15-9(18)11(12,13)14;1-3-6(2)7(4-8)9-5-10;1-4(2)3/h7H,4-6H2,1-3H3,(H,15,18);3,5-7H,1H2,2H3,(H,9,10);4H,1-3H3/t7-;;/m0../s1. The highest BCUT2D eigenvalue weighted by molar-refractivity contribution is 5.87. The summed E-state index contributed by atoms with van der Waals surface area (Å²) < 4.78 is 35.8. The molecule has 1 aliphatic rings. The minimum Gasteiger partial charge on any atom is -0.342 e. The van der Waals surface area contributed by atoms with Crippen molar-refractivity contribution in [3.63, 3.8) is 0 Å². The summed E-state index contributed by atoms with van der Waals surface area (Å²) in [4.78, 5) is 33.6. The van der Waals surface area contributed by atoms with Gasteiger partial charge in [-0.1, -0.05) is 54.5 Å². The summed E-state index contributed by atoms with van der Waals surface area (Å²) in [6, 6.07) is 1.49. The van der Waals surface area contributed by atoms with Gasteiger partial charge in [-0.15, -0.1) is 6.58 Å². The first-order valence-corrected chi connectivity index (χ1v) is 10.4. The number of likely N-dealkylation sites (tertiary alicyclic amines) is 1. The molecule has 0 radical (unpaired) electrons. The number of hydrogen-bond donors (Lipinski definition) is 2. The van der Waals surface area contributed by atoms with Crippen LogP contribution >= 0.6 is 0 Å². The molecule has 0 aromatic rings. The summed E-state index contributed by atoms with van der Waals surface area (Å²) in [6.07, 6.45) is -2.80. The third kappa shape index (κ3) is 13.0. The lowest BCUT2D eigenvalue weighted by molar-refractivity contribution is -0.174. The molecule has 10 heteroatoms. The van der Waals surface area contributed by atoms with Crippen molar-refractivity contribution < 1.29 is 27.6 Å². The molecule has 1 heterocycles. The largest absolute Gasteiger partial charge is 0.471 e. The van der Waals surface area contributed by atoms with Crippen molar-refractivity contribution in [3.8, 4) is 6.07 Å². The van der Waals surface area contributed by atoms with E-state index in [1.165, 1.54) is 4.90 Å². The van der Waals surface area contributed by atoms with E-state index in [2.05, 4.69) is 32.7 Å². The smallest absolute Gasteiger partial charge is 0.342 e. The Kier molecular flexibility index (Phi) is 14.3. The number of hydrogen-bond acceptors (Lipinski definition) is 4. The third-order valence-electron chi connectivity index (χ3n) is 4.72. The van der Waals surface area contributed by atoms with Gasteiger partial charge in [-0.3, -0.25) is 14.4 Å². The predicted molar refractivity (Wildman–Crippen MR) is 117 cm³/mol. The quantitative estimate of drug-likeness (QED) is 0.467. The van der Waals surface area contributed by atoms with Crippen LogP contribution in [0.4, 0.5) is 13.2 Å². The Balaban J connectivity index is 0. The van der Waals surface area contributed by atoms with E-state index >= 15 is 0 Å². The van der Waals surface area contributed by atoms with Crippen molar-refractivity contribution in [1.82, 2.24) is 15.5 Å². The fourth-order valence-corrected chi connectivity index (χ4v) is 2.36. The van der Waals surface area contributed by atoms with E-state index < -0.39 is 30.6 Å². The van der Waals surface area contributed by atoms with Gasteiger partial charge in [0.15, 0.2) is 0 Å². The molecular weight excluding hydrogens is 425 g/mol. The van der Waals surface area contributed by atoms with E-state index in [4.69, 9.17) is 5.26 Å². The van der Waals surface area contributed by atoms with Crippen LogP contribution in [0.25, 0.3) is 0 Å². The highest BCUT2D eigenvalue weighted by Crippen LogP contribution is 2.34. The lowest BCUT2D eigenvalue weighted by Gasteiger charge is -2.22. The third-order valence-corrected chi connectivity index (χ3v) is 4.72. The summed E-state index contributed by atoms with van der Waals surface area (Å²) in [5, 5.41) is 12.4. The van der Waals surface area contributed by atoms with E-state index in [-0.39, 0.29) is 17.3 Å². The number of alkyl halides is 3. The molecule has 3 atom stereocenters. The maximum absolute atomic E-state index is 11.9. The zero-order valence-electron chi connectivity index (χ0n) is 20.0. The van der Waals surface area contributed by atoms with E-state index in [0.29, 0.717) is 19.5 Å². The van der Waals surface area contributed by atoms with Crippen LogP contribution in [0.1, 0.15) is 48.5 Å². The normalized spacial score (nSPS) is 18.6. The Labute approximate surface area is 189 Å². The summed E-state index contributed by atoms with van der Waals surface area (Å²) in [5.41, 5.74) is -0.0519. The molecule has 184 valence electrons. The van der Waals surface area contributed by atoms with Gasteiger partial charge in [0.2, 0.25) is 12.3 Å². The number of nitrogens with zero attached hydrogens (tertiary/aromatic N) is 2. The van der Waals surface area contributed by atoms with Gasteiger partial charge in [-0.25, -0.2) is 0 Å². The van der Waals surface area contributed by atoms with Gasteiger partial charge in [-0.05, 0) is 17.3 Å². The fraction of sp³-hybridized carbons (Fsp3) is 0.727. The highest BCUT2D eigenvalue weighted by Gasteiger charge is 2.41. The van der Waals surface area contributed by atoms with Gasteiger partial charge >= 0.3 is 12.1 Å². The SMILES string of the molecule is C=CC(C)C(C#N)NC=O.CC(C)C.C[C@H]1CN(C(=O)CNC(=O)C(F)(F)F)CC1(C)C. The van der Waals surface area contributed by atoms with Gasteiger partial charge in [0.05, 0.1) is 12.6 Å². The van der Waals surface area contributed by atoms with Gasteiger partial charge < -0.3 is 15.5 Å². The van der Waals surface area contributed by atoms with Crippen LogP contribution in [0.3, 0.4) is 0 Å². The van der Waals surface area contributed by atoms with Crippen LogP contribution in [0.15, 0.2) is 12.7 Å². The van der Waals surface area contributed by atoms with Crippen molar-refractivity contribution in [2.45, 2.75) is 60.7 Å². The first kappa shape index (κ1) is 31.6. The summed E-state index contributed by atoms with van der Waals surface area (Å²) in [6.45, 7) is 18.2. The highest BCUT2D eigenvalue weighted by atomic mass is 19.4. The average molecular weight is 463 g/mol. The molecule has 1 saturated heterocycles. The molecule has 7 nitrogen and oxygen atoms in total. The molecule has 1 rings (SSSR count). The van der Waals surface area contributed by atoms with Crippen molar-refractivity contribution in [2.75, 3.05) is 19.6 Å². The summed E-state index contributed by atoms with van der Waals surface area (Å²) >= 11 is 0. The molecule has 2 unspecified atom stereocenters. The second-order valence-electron chi connectivity index (χ2n) is 9.06. The topological polar surface area (TPSA) is 102 Å². The molecular formula is C22H37F3N4O3. The molecule has 3 amide bonds. The molecule has 0 aromatic heterocycles. The van der Waals surface area contributed by atoms with E-state index in [1.807, 2.05) is 33.8 Å². The Morgan fingerprint density at radius 2 is 1.78 bits per heavy atom. The maximum atomic E-state index is 11.9. The number of halogens is 3. The Morgan fingerprint density at radius 3 is 2.09 bits per heavy atom. The number of rotatable bonds is 6. The monoisotopic (exact) mass is 462 g/mol. The van der Waals surface area contributed by atoms with Crippen LogP contribution in [0, 0.1) is 34.5 Å². The van der Waals surface area contributed by atoms with E-state index in [9.17, 15) is 27.6 Å². The van der Waals surface area contributed by atoms with Gasteiger partial charge in [0.1, 0.15) is 6.04 Å². The molecule has 0 spiro atoms. The molecule has 1 aliphatic heterocycles. The first-order valence-electron chi connectivity index (χ1n) is 10.4. The number of amides is 3. The van der Waals surface area contributed by atoms with Crippen molar-refractivity contribution in [3.05, 3.63) is 12.7 Å².